The molecule has 2 aromatic heterocycles. The minimum absolute atomic E-state index is 0.427. The number of hydrogen-bond donors (Lipinski definition) is 1. The van der Waals surface area contributed by atoms with E-state index in [4.69, 9.17) is 14.4 Å². The number of nitrogens with one attached hydrogen (secondary N) is 1. The highest BCUT2D eigenvalue weighted by Gasteiger charge is 2.51. The van der Waals surface area contributed by atoms with Crippen LogP contribution >= 0.6 is 0 Å². The number of aliphatic imine (C=N–C) groups is 2. The zero-order valence-corrected chi connectivity index (χ0v) is 40.8. The quantitative estimate of drug-likeness (QED) is 0.181. The molecule has 4 aliphatic rings. The molecule has 352 valence electrons. The van der Waals surface area contributed by atoms with Crippen LogP contribution in [0.4, 0.5) is 0 Å². The van der Waals surface area contributed by atoms with Crippen LogP contribution in [-0.4, -0.2) is 16.2 Å². The van der Waals surface area contributed by atoms with Gasteiger partial charge < -0.3 is 14.3 Å². The third-order valence-electron chi connectivity index (χ3n) is 16.3. The van der Waals surface area contributed by atoms with E-state index in [-0.39, 0.29) is 0 Å². The molecule has 1 N–H and O–H groups in total. The summed E-state index contributed by atoms with van der Waals surface area (Å²) in [5, 5.41) is 9.75. The maximum absolute atomic E-state index is 6.72. The predicted octanol–water partition coefficient (Wildman–Crippen LogP) is 15.1. The molecule has 1 unspecified atom stereocenters. The van der Waals surface area contributed by atoms with E-state index in [1.807, 2.05) is 0 Å². The van der Waals surface area contributed by atoms with Gasteiger partial charge in [0.15, 0.2) is 5.84 Å². The second kappa shape index (κ2) is 16.2. The van der Waals surface area contributed by atoms with Crippen LogP contribution < -0.4 is 15.9 Å². The van der Waals surface area contributed by atoms with Crippen molar-refractivity contribution >= 4 is 56.7 Å². The molecule has 0 radical (unpaired) electrons. The van der Waals surface area contributed by atoms with E-state index in [0.29, 0.717) is 5.84 Å². The SMILES string of the molecule is C1=c2c(n(-c3ccccc3)c3ccc(-c4ccc5oc6cccc(C7=NC(c8ccc9c(c8)C8(c%10ccccc%10-c%10ccccc%108)c8ccccc8-9)=NC(c8ccc(-c9ccccc9)cc8)N7)c6c5c4)cc23)=CCC1. The Hall–Kier alpha value is -9.58. The van der Waals surface area contributed by atoms with E-state index < -0.39 is 11.6 Å². The summed E-state index contributed by atoms with van der Waals surface area (Å²) in [6.45, 7) is 0. The van der Waals surface area contributed by atoms with Crippen molar-refractivity contribution in [3.05, 3.63) is 280 Å². The Kier molecular flexibility index (Phi) is 9.07. The minimum atomic E-state index is -0.493. The second-order valence-corrected chi connectivity index (χ2v) is 20.3. The molecule has 1 aliphatic heterocycles. The van der Waals surface area contributed by atoms with Crippen LogP contribution in [0.3, 0.4) is 0 Å². The molecule has 16 rings (SSSR count). The summed E-state index contributed by atoms with van der Waals surface area (Å²) in [7, 11) is 0. The monoisotopic (exact) mass is 958 g/mol. The van der Waals surface area contributed by atoms with Crippen molar-refractivity contribution < 1.29 is 4.42 Å². The first-order valence-electron chi connectivity index (χ1n) is 26.1. The maximum Gasteiger partial charge on any atom is 0.159 e. The zero-order chi connectivity index (χ0) is 49.2. The third kappa shape index (κ3) is 6.19. The van der Waals surface area contributed by atoms with Gasteiger partial charge in [-0.15, -0.1) is 0 Å². The number of amidine groups is 2. The average molecular weight is 959 g/mol. The summed E-state index contributed by atoms with van der Waals surface area (Å²) in [4.78, 5) is 11.1. The molecular weight excluding hydrogens is 913 g/mol. The first kappa shape index (κ1) is 42.0. The molecule has 5 nitrogen and oxygen atoms in total. The van der Waals surface area contributed by atoms with Crippen molar-refractivity contribution in [1.82, 2.24) is 9.88 Å². The normalized spacial score (nSPS) is 15.5. The fourth-order valence-electron chi connectivity index (χ4n) is 13.0. The maximum atomic E-state index is 6.72. The molecule has 75 heavy (non-hydrogen) atoms. The topological polar surface area (TPSA) is 54.8 Å². The molecule has 0 saturated heterocycles. The number of para-hydroxylation sites is 1. The first-order valence-corrected chi connectivity index (χ1v) is 26.1. The Bertz CT molecular complexity index is 4490. The number of rotatable bonds is 6. The van der Waals surface area contributed by atoms with Gasteiger partial charge in [0.25, 0.3) is 0 Å². The molecule has 0 bridgehead atoms. The Morgan fingerprint density at radius 1 is 0.453 bits per heavy atom. The molecule has 12 aromatic rings. The van der Waals surface area contributed by atoms with Gasteiger partial charge in [-0.1, -0.05) is 194 Å². The standard InChI is InChI=1S/C70H46N4O/c1-3-16-43(17-4-1)44-30-32-45(33-31-44)67-71-68(48-34-37-53-52-22-9-13-27-60(52)70(61(53)42-48)58-25-11-7-20-50(58)51-21-8-12-26-59(51)70)73-69(72-67)55-24-15-29-65-66(55)57-41-47(36-39-64(57)75-65)46-35-38-63-56(40-46)54-23-10-14-28-62(54)74(63)49-18-5-2-6-19-49/h1-9,11-13,15-42,67H,10,14H2,(H,71,72,73). The number of aromatic nitrogens is 1. The summed E-state index contributed by atoms with van der Waals surface area (Å²) in [6.07, 6.45) is 6.45. The average Bonchev–Trinajstić information content (AvgIpc) is 4.39. The van der Waals surface area contributed by atoms with Crippen molar-refractivity contribution in [3.63, 3.8) is 0 Å². The van der Waals surface area contributed by atoms with Crippen LogP contribution in [-0.2, 0) is 5.41 Å². The largest absolute Gasteiger partial charge is 0.456 e. The summed E-state index contributed by atoms with van der Waals surface area (Å²) in [6, 6.07) is 83.7. The summed E-state index contributed by atoms with van der Waals surface area (Å²) in [5.41, 5.74) is 21.4. The number of benzene rings is 10. The molecule has 5 heteroatoms. The van der Waals surface area contributed by atoms with Gasteiger partial charge in [0.05, 0.1) is 10.9 Å². The Balaban J connectivity index is 0.865. The highest BCUT2D eigenvalue weighted by Crippen LogP contribution is 2.62. The van der Waals surface area contributed by atoms with Gasteiger partial charge in [0.1, 0.15) is 23.2 Å². The van der Waals surface area contributed by atoms with Crippen molar-refractivity contribution in [1.29, 1.82) is 0 Å². The Morgan fingerprint density at radius 2 is 1.04 bits per heavy atom. The number of furan rings is 1. The zero-order valence-electron chi connectivity index (χ0n) is 40.8. The van der Waals surface area contributed by atoms with E-state index >= 15 is 0 Å². The fourth-order valence-corrected chi connectivity index (χ4v) is 13.0. The highest BCUT2D eigenvalue weighted by atomic mass is 16.3. The lowest BCUT2D eigenvalue weighted by Gasteiger charge is -2.31. The smallest absolute Gasteiger partial charge is 0.159 e. The van der Waals surface area contributed by atoms with Gasteiger partial charge in [0.2, 0.25) is 0 Å². The lowest BCUT2D eigenvalue weighted by molar-refractivity contribution is 0.667. The Labute approximate surface area is 433 Å². The number of nitrogens with zero attached hydrogens (tertiary/aromatic N) is 3. The van der Waals surface area contributed by atoms with Gasteiger partial charge in [-0.3, -0.25) is 0 Å². The van der Waals surface area contributed by atoms with Crippen molar-refractivity contribution in [2.45, 2.75) is 24.4 Å². The van der Waals surface area contributed by atoms with Crippen LogP contribution in [0.1, 0.15) is 58.0 Å². The third-order valence-corrected chi connectivity index (χ3v) is 16.3. The minimum Gasteiger partial charge on any atom is -0.456 e. The first-order chi connectivity index (χ1) is 37.2. The van der Waals surface area contributed by atoms with Gasteiger partial charge >= 0.3 is 0 Å². The van der Waals surface area contributed by atoms with Crippen LogP contribution in [0, 0.1) is 0 Å². The predicted molar refractivity (Wildman–Crippen MR) is 307 cm³/mol. The summed E-state index contributed by atoms with van der Waals surface area (Å²) in [5.74, 6) is 1.42. The molecule has 0 fully saturated rings. The summed E-state index contributed by atoms with van der Waals surface area (Å²) >= 11 is 0. The summed E-state index contributed by atoms with van der Waals surface area (Å²) < 4.78 is 9.13. The molecule has 3 aliphatic carbocycles. The van der Waals surface area contributed by atoms with E-state index in [1.54, 1.807) is 0 Å². The molecule has 0 amide bonds. The molecule has 0 saturated carbocycles. The molecule has 1 spiro atoms. The Morgan fingerprint density at radius 3 is 1.77 bits per heavy atom. The van der Waals surface area contributed by atoms with Crippen molar-refractivity contribution in [2.24, 2.45) is 9.98 Å². The van der Waals surface area contributed by atoms with Crippen LogP contribution in [0.2, 0.25) is 0 Å². The van der Waals surface area contributed by atoms with Gasteiger partial charge in [0, 0.05) is 43.5 Å². The van der Waals surface area contributed by atoms with Gasteiger partial charge in [-0.05, 0) is 134 Å². The van der Waals surface area contributed by atoms with E-state index in [2.05, 4.69) is 253 Å². The molecule has 3 heterocycles. The lowest BCUT2D eigenvalue weighted by atomic mass is 9.70. The van der Waals surface area contributed by atoms with Crippen LogP contribution in [0.15, 0.2) is 245 Å². The number of fused-ring (bicyclic) bond motifs is 16. The van der Waals surface area contributed by atoms with E-state index in [1.165, 1.54) is 77.2 Å². The van der Waals surface area contributed by atoms with Crippen molar-refractivity contribution in [2.75, 3.05) is 0 Å². The van der Waals surface area contributed by atoms with Gasteiger partial charge in [-0.2, -0.15) is 0 Å². The number of hydrogen-bond acceptors (Lipinski definition) is 4. The lowest BCUT2D eigenvalue weighted by Crippen LogP contribution is -2.33. The fraction of sp³-hybridized carbons (Fsp3) is 0.0571. The van der Waals surface area contributed by atoms with Crippen molar-refractivity contribution in [3.8, 4) is 50.2 Å². The van der Waals surface area contributed by atoms with Crippen LogP contribution in [0.5, 0.6) is 0 Å². The molecule has 1 atom stereocenters. The second-order valence-electron chi connectivity index (χ2n) is 20.3. The van der Waals surface area contributed by atoms with E-state index in [0.717, 1.165) is 74.0 Å². The highest BCUT2D eigenvalue weighted by molar-refractivity contribution is 6.22. The van der Waals surface area contributed by atoms with Gasteiger partial charge in [-0.25, -0.2) is 9.98 Å². The molecular formula is C70H46N4O. The van der Waals surface area contributed by atoms with Crippen LogP contribution in [0.25, 0.3) is 95.2 Å². The molecule has 10 aromatic carbocycles. The van der Waals surface area contributed by atoms with E-state index in [9.17, 15) is 0 Å².